The number of benzene rings is 2. The summed E-state index contributed by atoms with van der Waals surface area (Å²) in [7, 11) is 0. The van der Waals surface area contributed by atoms with Gasteiger partial charge in [-0.2, -0.15) is 0 Å². The van der Waals surface area contributed by atoms with Crippen LogP contribution in [0, 0.1) is 0 Å². The molecule has 1 heterocycles. The Kier molecular flexibility index (Phi) is 1.94. The third-order valence-electron chi connectivity index (χ3n) is 2.28. The molecule has 74 valence electrons. The molecule has 0 aliphatic rings. The van der Waals surface area contributed by atoms with Crippen LogP contribution in [0.2, 0.25) is 5.02 Å². The van der Waals surface area contributed by atoms with E-state index in [4.69, 9.17) is 16.1 Å². The minimum absolute atomic E-state index is 0.650. The highest BCUT2D eigenvalue weighted by molar-refractivity contribution is 9.10. The summed E-state index contributed by atoms with van der Waals surface area (Å²) in [6.45, 7) is 0. The fourth-order valence-corrected chi connectivity index (χ4v) is 2.66. The normalized spacial score (nSPS) is 11.3. The zero-order chi connectivity index (χ0) is 10.4. The van der Waals surface area contributed by atoms with Gasteiger partial charge >= 0.3 is 0 Å². The van der Waals surface area contributed by atoms with Crippen molar-refractivity contribution in [2.24, 2.45) is 0 Å². The van der Waals surface area contributed by atoms with Crippen LogP contribution < -0.4 is 0 Å². The molecule has 5 heteroatoms. The van der Waals surface area contributed by atoms with Crippen LogP contribution in [0.4, 0.5) is 0 Å². The lowest BCUT2D eigenvalue weighted by molar-refractivity contribution is 0.424. The number of aromatic nitrogens is 2. The second-order valence-electron chi connectivity index (χ2n) is 3.14. The van der Waals surface area contributed by atoms with Crippen LogP contribution in [0.5, 0.6) is 0 Å². The van der Waals surface area contributed by atoms with Gasteiger partial charge in [0, 0.05) is 31.6 Å². The van der Waals surface area contributed by atoms with E-state index >= 15 is 0 Å². The van der Waals surface area contributed by atoms with Gasteiger partial charge in [-0.1, -0.05) is 23.7 Å². The molecule has 3 nitrogen and oxygen atoms in total. The van der Waals surface area contributed by atoms with Crippen molar-refractivity contribution in [3.63, 3.8) is 0 Å². The Bertz CT molecular complexity index is 665. The van der Waals surface area contributed by atoms with Crippen molar-refractivity contribution in [1.82, 2.24) is 10.4 Å². The van der Waals surface area contributed by atoms with Crippen molar-refractivity contribution >= 4 is 49.4 Å². The molecule has 0 amide bonds. The van der Waals surface area contributed by atoms with E-state index in [1.807, 2.05) is 24.3 Å². The third-order valence-corrected chi connectivity index (χ3v) is 3.22. The molecular weight excluding hydrogens is 279 g/mol. The van der Waals surface area contributed by atoms with Crippen LogP contribution in [0.1, 0.15) is 0 Å². The van der Waals surface area contributed by atoms with E-state index < -0.39 is 0 Å². The molecule has 0 bridgehead atoms. The van der Waals surface area contributed by atoms with Crippen LogP contribution in [0.3, 0.4) is 0 Å². The van der Waals surface area contributed by atoms with Crippen LogP contribution >= 0.6 is 27.5 Å². The molecule has 0 atom stereocenters. The average molecular weight is 284 g/mol. The van der Waals surface area contributed by atoms with E-state index in [0.717, 1.165) is 20.8 Å². The number of fused-ring (bicyclic) bond motifs is 3. The average Bonchev–Trinajstić information content (AvgIpc) is 2.65. The molecule has 3 rings (SSSR count). The highest BCUT2D eigenvalue weighted by atomic mass is 79.9. The summed E-state index contributed by atoms with van der Waals surface area (Å²) in [5, 5.41) is 10.0. The largest absolute Gasteiger partial charge is 0.337 e. The molecule has 1 aromatic heterocycles. The van der Waals surface area contributed by atoms with Crippen molar-refractivity contribution in [3.05, 3.63) is 33.8 Å². The summed E-state index contributed by atoms with van der Waals surface area (Å²) < 4.78 is 5.90. The number of halogens is 2. The highest BCUT2D eigenvalue weighted by Crippen LogP contribution is 2.35. The van der Waals surface area contributed by atoms with E-state index in [1.54, 1.807) is 0 Å². The maximum Gasteiger partial charge on any atom is 0.189 e. The van der Waals surface area contributed by atoms with Gasteiger partial charge in [-0.25, -0.2) is 0 Å². The first-order valence-electron chi connectivity index (χ1n) is 4.26. The quantitative estimate of drug-likeness (QED) is 0.630. The highest BCUT2D eigenvalue weighted by Gasteiger charge is 2.11. The van der Waals surface area contributed by atoms with E-state index in [-0.39, 0.29) is 0 Å². The van der Waals surface area contributed by atoms with E-state index in [9.17, 15) is 0 Å². The first-order valence-corrected chi connectivity index (χ1v) is 5.43. The van der Waals surface area contributed by atoms with Gasteiger partial charge in [0.2, 0.25) is 0 Å². The van der Waals surface area contributed by atoms with E-state index in [0.29, 0.717) is 10.6 Å². The topological polar surface area (TPSA) is 38.9 Å². The molecule has 0 N–H and O–H groups in total. The van der Waals surface area contributed by atoms with Gasteiger partial charge in [-0.15, -0.1) is 5.10 Å². The fourth-order valence-electron chi connectivity index (χ4n) is 1.63. The molecule has 0 aliphatic carbocycles. The Labute approximate surface area is 98.1 Å². The van der Waals surface area contributed by atoms with Crippen LogP contribution in [0.15, 0.2) is 33.3 Å². The standard InChI is InChI=1S/C10H4BrClN2O/c11-6-4-8-10(13-14-15-8)5-2-1-3-7(12)9(5)6/h1-4H. The second-order valence-corrected chi connectivity index (χ2v) is 4.40. The summed E-state index contributed by atoms with van der Waals surface area (Å²) >= 11 is 9.57. The van der Waals surface area contributed by atoms with Gasteiger partial charge in [-0.05, 0) is 22.0 Å². The number of rotatable bonds is 0. The summed E-state index contributed by atoms with van der Waals surface area (Å²) in [6, 6.07) is 7.49. The second kappa shape index (κ2) is 3.18. The van der Waals surface area contributed by atoms with Gasteiger partial charge in [0.15, 0.2) is 5.58 Å². The maximum absolute atomic E-state index is 6.12. The minimum atomic E-state index is 0.650. The van der Waals surface area contributed by atoms with E-state index in [2.05, 4.69) is 26.3 Å². The zero-order valence-electron chi connectivity index (χ0n) is 7.37. The molecule has 15 heavy (non-hydrogen) atoms. The number of hydrogen-bond acceptors (Lipinski definition) is 3. The van der Waals surface area contributed by atoms with Crippen LogP contribution in [-0.4, -0.2) is 10.4 Å². The van der Waals surface area contributed by atoms with Gasteiger partial charge in [0.1, 0.15) is 5.52 Å². The molecule has 0 aliphatic heterocycles. The first-order chi connectivity index (χ1) is 7.27. The van der Waals surface area contributed by atoms with Crippen molar-refractivity contribution in [2.45, 2.75) is 0 Å². The molecule has 0 radical (unpaired) electrons. The maximum atomic E-state index is 6.12. The van der Waals surface area contributed by atoms with Crippen LogP contribution in [0.25, 0.3) is 21.9 Å². The molecule has 0 fully saturated rings. The molecule has 0 spiro atoms. The van der Waals surface area contributed by atoms with Gasteiger partial charge in [-0.3, -0.25) is 0 Å². The smallest absolute Gasteiger partial charge is 0.189 e. The lowest BCUT2D eigenvalue weighted by Crippen LogP contribution is -1.79. The fraction of sp³-hybridized carbons (Fsp3) is 0. The van der Waals surface area contributed by atoms with Crippen LogP contribution in [-0.2, 0) is 0 Å². The number of nitrogens with zero attached hydrogens (tertiary/aromatic N) is 2. The van der Waals surface area contributed by atoms with Gasteiger partial charge < -0.3 is 4.52 Å². The molecule has 0 saturated heterocycles. The Morgan fingerprint density at radius 3 is 3.07 bits per heavy atom. The van der Waals surface area contributed by atoms with Crippen molar-refractivity contribution in [2.75, 3.05) is 0 Å². The molecular formula is C10H4BrClN2O. The Hall–Kier alpha value is -1.13. The Morgan fingerprint density at radius 1 is 1.33 bits per heavy atom. The zero-order valence-corrected chi connectivity index (χ0v) is 9.71. The monoisotopic (exact) mass is 282 g/mol. The minimum Gasteiger partial charge on any atom is -0.337 e. The third kappa shape index (κ3) is 1.25. The van der Waals surface area contributed by atoms with E-state index in [1.165, 1.54) is 0 Å². The van der Waals surface area contributed by atoms with Gasteiger partial charge in [0.25, 0.3) is 0 Å². The van der Waals surface area contributed by atoms with Crippen molar-refractivity contribution < 1.29 is 4.52 Å². The predicted octanol–water partition coefficient (Wildman–Crippen LogP) is 3.79. The lowest BCUT2D eigenvalue weighted by atomic mass is 10.1. The van der Waals surface area contributed by atoms with Crippen molar-refractivity contribution in [3.8, 4) is 0 Å². The molecule has 3 aromatic rings. The van der Waals surface area contributed by atoms with Gasteiger partial charge in [0.05, 0.1) is 0 Å². The summed E-state index contributed by atoms with van der Waals surface area (Å²) in [5.41, 5.74) is 1.38. The number of hydrogen-bond donors (Lipinski definition) is 0. The predicted molar refractivity (Wildman–Crippen MR) is 62.0 cm³/mol. The first kappa shape index (κ1) is 9.12. The SMILES string of the molecule is Clc1cccc2c1c(Br)cc1onnc12. The molecule has 0 saturated carbocycles. The summed E-state index contributed by atoms with van der Waals surface area (Å²) in [4.78, 5) is 0. The molecule has 0 unspecified atom stereocenters. The summed E-state index contributed by atoms with van der Waals surface area (Å²) in [6.07, 6.45) is 0. The molecule has 2 aromatic carbocycles. The Balaban J connectivity index is 2.67. The van der Waals surface area contributed by atoms with Crippen molar-refractivity contribution in [1.29, 1.82) is 0 Å². The lowest BCUT2D eigenvalue weighted by Gasteiger charge is -2.02. The Morgan fingerprint density at radius 2 is 2.20 bits per heavy atom. The summed E-state index contributed by atoms with van der Waals surface area (Å²) in [5.74, 6) is 0.